The van der Waals surface area contributed by atoms with Crippen LogP contribution in [0.4, 0.5) is 30.6 Å². The zero-order valence-electron chi connectivity index (χ0n) is 16.5. The zero-order valence-corrected chi connectivity index (χ0v) is 16.5. The van der Waals surface area contributed by atoms with E-state index in [1.807, 2.05) is 44.2 Å². The number of nitrogens with one attached hydrogen (secondary N) is 2. The summed E-state index contributed by atoms with van der Waals surface area (Å²) in [6.45, 7) is 5.51. The zero-order chi connectivity index (χ0) is 21.0. The van der Waals surface area contributed by atoms with Crippen LogP contribution in [0.15, 0.2) is 54.6 Å². The third-order valence-corrected chi connectivity index (χ3v) is 4.69. The van der Waals surface area contributed by atoms with Crippen molar-refractivity contribution in [3.8, 4) is 11.3 Å². The number of anilines is 3. The summed E-state index contributed by atoms with van der Waals surface area (Å²) in [6, 6.07) is 15.5. The molecular weight excluding hydrogens is 377 g/mol. The highest BCUT2D eigenvalue weighted by Crippen LogP contribution is 2.35. The fourth-order valence-electron chi connectivity index (χ4n) is 2.87. The van der Waals surface area contributed by atoms with Crippen molar-refractivity contribution < 1.29 is 13.2 Å². The minimum atomic E-state index is -4.41. The molecule has 3 rings (SSSR count). The third kappa shape index (κ3) is 5.04. The minimum Gasteiger partial charge on any atom is -0.352 e. The van der Waals surface area contributed by atoms with Crippen LogP contribution >= 0.6 is 0 Å². The lowest BCUT2D eigenvalue weighted by Gasteiger charge is -2.17. The summed E-state index contributed by atoms with van der Waals surface area (Å²) >= 11 is 0. The molecule has 152 valence electrons. The largest absolute Gasteiger partial charge is 0.416 e. The van der Waals surface area contributed by atoms with Crippen LogP contribution in [0.2, 0.25) is 0 Å². The highest BCUT2D eigenvalue weighted by atomic mass is 19.4. The van der Waals surface area contributed by atoms with Crippen LogP contribution < -0.4 is 10.6 Å². The fraction of sp³-hybridized carbons (Fsp3) is 0.273. The second kappa shape index (κ2) is 8.51. The highest BCUT2D eigenvalue weighted by molar-refractivity contribution is 5.69. The van der Waals surface area contributed by atoms with Gasteiger partial charge in [-0.15, -0.1) is 0 Å². The van der Waals surface area contributed by atoms with Crippen LogP contribution in [0.1, 0.15) is 31.4 Å². The molecule has 4 nitrogen and oxygen atoms in total. The molecule has 0 saturated heterocycles. The average molecular weight is 400 g/mol. The van der Waals surface area contributed by atoms with Crippen molar-refractivity contribution >= 4 is 17.5 Å². The number of halogens is 3. The second-order valence-electron chi connectivity index (χ2n) is 6.88. The normalized spacial score (nSPS) is 12.5. The van der Waals surface area contributed by atoms with Crippen LogP contribution in [0.25, 0.3) is 11.3 Å². The monoisotopic (exact) mass is 400 g/mol. The first-order chi connectivity index (χ1) is 13.8. The number of alkyl halides is 3. The Morgan fingerprint density at radius 3 is 2.38 bits per heavy atom. The van der Waals surface area contributed by atoms with Crippen LogP contribution in [0, 0.1) is 6.92 Å². The Kier molecular flexibility index (Phi) is 6.06. The molecule has 0 amide bonds. The van der Waals surface area contributed by atoms with E-state index in [9.17, 15) is 13.2 Å². The van der Waals surface area contributed by atoms with E-state index in [-0.39, 0.29) is 11.6 Å². The molecule has 1 aromatic heterocycles. The van der Waals surface area contributed by atoms with Crippen molar-refractivity contribution in [3.63, 3.8) is 0 Å². The van der Waals surface area contributed by atoms with Gasteiger partial charge in [-0.25, -0.2) is 4.98 Å². The molecular formula is C22H23F3N4. The summed E-state index contributed by atoms with van der Waals surface area (Å²) in [5.41, 5.74) is 1.38. The molecule has 1 atom stereocenters. The maximum absolute atomic E-state index is 13.2. The number of nitrogens with zero attached hydrogens (tertiary/aromatic N) is 2. The Hall–Kier alpha value is -3.09. The predicted octanol–water partition coefficient (Wildman–Crippen LogP) is 6.42. The number of hydrogen-bond donors (Lipinski definition) is 2. The molecule has 0 bridgehead atoms. The second-order valence-corrected chi connectivity index (χ2v) is 6.88. The molecule has 0 aliphatic heterocycles. The van der Waals surface area contributed by atoms with Gasteiger partial charge in [-0.1, -0.05) is 43.3 Å². The van der Waals surface area contributed by atoms with Crippen molar-refractivity contribution in [1.29, 1.82) is 0 Å². The van der Waals surface area contributed by atoms with E-state index in [2.05, 4.69) is 20.6 Å². The van der Waals surface area contributed by atoms with Crippen LogP contribution in [0.5, 0.6) is 0 Å². The summed E-state index contributed by atoms with van der Waals surface area (Å²) in [4.78, 5) is 9.03. The van der Waals surface area contributed by atoms with Gasteiger partial charge in [0.05, 0.1) is 11.3 Å². The van der Waals surface area contributed by atoms with Crippen molar-refractivity contribution in [2.45, 2.75) is 39.4 Å². The van der Waals surface area contributed by atoms with Crippen LogP contribution in [0.3, 0.4) is 0 Å². The minimum absolute atomic E-state index is 0.122. The van der Waals surface area contributed by atoms with E-state index in [0.717, 1.165) is 18.1 Å². The Bertz CT molecular complexity index is 972. The molecule has 3 aromatic rings. The predicted molar refractivity (Wildman–Crippen MR) is 110 cm³/mol. The quantitative estimate of drug-likeness (QED) is 0.501. The Labute approximate surface area is 168 Å². The lowest BCUT2D eigenvalue weighted by Crippen LogP contribution is -2.16. The summed E-state index contributed by atoms with van der Waals surface area (Å²) in [6.07, 6.45) is -3.53. The SMILES string of the molecule is CC[C@H](C)Nc1nc(Nc2cccc(C(F)(F)F)c2C)cc(-c2ccccc2)n1. The molecule has 0 aliphatic rings. The molecule has 0 fully saturated rings. The number of aromatic nitrogens is 2. The van der Waals surface area contributed by atoms with Crippen molar-refractivity contribution in [2.24, 2.45) is 0 Å². The first-order valence-electron chi connectivity index (χ1n) is 9.42. The first kappa shape index (κ1) is 20.6. The molecule has 0 unspecified atom stereocenters. The van der Waals surface area contributed by atoms with E-state index in [1.54, 1.807) is 12.1 Å². The smallest absolute Gasteiger partial charge is 0.352 e. The Balaban J connectivity index is 2.02. The number of hydrogen-bond acceptors (Lipinski definition) is 4. The lowest BCUT2D eigenvalue weighted by molar-refractivity contribution is -0.138. The van der Waals surface area contributed by atoms with Gasteiger partial charge < -0.3 is 10.6 Å². The van der Waals surface area contributed by atoms with Crippen molar-refractivity contribution in [2.75, 3.05) is 10.6 Å². The molecule has 2 N–H and O–H groups in total. The van der Waals surface area contributed by atoms with Crippen LogP contribution in [-0.4, -0.2) is 16.0 Å². The molecule has 0 spiro atoms. The van der Waals surface area contributed by atoms with E-state index >= 15 is 0 Å². The maximum atomic E-state index is 13.2. The highest BCUT2D eigenvalue weighted by Gasteiger charge is 2.32. The maximum Gasteiger partial charge on any atom is 0.416 e. The summed E-state index contributed by atoms with van der Waals surface area (Å²) in [5, 5.41) is 6.27. The molecule has 0 saturated carbocycles. The Morgan fingerprint density at radius 2 is 1.72 bits per heavy atom. The molecule has 0 aliphatic carbocycles. The van der Waals surface area contributed by atoms with Crippen LogP contribution in [-0.2, 0) is 6.18 Å². The van der Waals surface area contributed by atoms with E-state index < -0.39 is 11.7 Å². The standard InChI is InChI=1S/C22H23F3N4/c1-4-14(2)26-21-28-19(16-9-6-5-7-10-16)13-20(29-21)27-18-12-8-11-17(15(18)3)22(23,24)25/h5-14H,4H2,1-3H3,(H2,26,27,28,29)/t14-/m0/s1. The molecule has 2 aromatic carbocycles. The number of rotatable bonds is 6. The number of benzene rings is 2. The van der Waals surface area contributed by atoms with Gasteiger partial charge in [0.1, 0.15) is 5.82 Å². The fourth-order valence-corrected chi connectivity index (χ4v) is 2.87. The topological polar surface area (TPSA) is 49.8 Å². The summed E-state index contributed by atoms with van der Waals surface area (Å²) in [5.74, 6) is 0.847. The first-order valence-corrected chi connectivity index (χ1v) is 9.42. The average Bonchev–Trinajstić information content (AvgIpc) is 2.69. The summed E-state index contributed by atoms with van der Waals surface area (Å²) < 4.78 is 39.7. The van der Waals surface area contributed by atoms with Crippen molar-refractivity contribution in [1.82, 2.24) is 9.97 Å². The van der Waals surface area contributed by atoms with Gasteiger partial charge in [0.15, 0.2) is 0 Å². The van der Waals surface area contributed by atoms with E-state index in [1.165, 1.54) is 13.0 Å². The van der Waals surface area contributed by atoms with E-state index in [0.29, 0.717) is 23.1 Å². The van der Waals surface area contributed by atoms with Gasteiger partial charge >= 0.3 is 6.18 Å². The van der Waals surface area contributed by atoms with Gasteiger partial charge in [0, 0.05) is 23.4 Å². The molecule has 1 heterocycles. The summed E-state index contributed by atoms with van der Waals surface area (Å²) in [7, 11) is 0. The van der Waals surface area contributed by atoms with Gasteiger partial charge in [-0.05, 0) is 38.0 Å². The molecule has 7 heteroatoms. The van der Waals surface area contributed by atoms with Crippen molar-refractivity contribution in [3.05, 3.63) is 65.7 Å². The van der Waals surface area contributed by atoms with Gasteiger partial charge in [0.2, 0.25) is 5.95 Å². The lowest BCUT2D eigenvalue weighted by atomic mass is 10.1. The van der Waals surface area contributed by atoms with Gasteiger partial charge in [-0.3, -0.25) is 0 Å². The molecule has 0 radical (unpaired) electrons. The molecule has 29 heavy (non-hydrogen) atoms. The van der Waals surface area contributed by atoms with Gasteiger partial charge in [-0.2, -0.15) is 18.2 Å². The third-order valence-electron chi connectivity index (χ3n) is 4.69. The Morgan fingerprint density at radius 1 is 1.00 bits per heavy atom. The van der Waals surface area contributed by atoms with Gasteiger partial charge in [0.25, 0.3) is 0 Å². The van der Waals surface area contributed by atoms with E-state index in [4.69, 9.17) is 0 Å².